The van der Waals surface area contributed by atoms with Gasteiger partial charge in [-0.1, -0.05) is 88.7 Å². The number of para-hydroxylation sites is 1. The molecule has 0 radical (unpaired) electrons. The molecule has 0 fully saturated rings. The summed E-state index contributed by atoms with van der Waals surface area (Å²) in [6.07, 6.45) is 3.36. The maximum Gasteiger partial charge on any atom is 0.251 e. The molecule has 5 atom stereocenters. The van der Waals surface area contributed by atoms with E-state index < -0.39 is 18.1 Å². The maximum atomic E-state index is 13.6. The number of nitrogens with one attached hydrogen (secondary N) is 2. The molecule has 0 aliphatic rings. The molecule has 8 heteroatoms. The molecular weight excluding hydrogens is 578 g/mol. The van der Waals surface area contributed by atoms with Crippen molar-refractivity contribution in [1.82, 2.24) is 10.6 Å². The van der Waals surface area contributed by atoms with Crippen LogP contribution in [0.3, 0.4) is 0 Å². The maximum absolute atomic E-state index is 13.6. The molecule has 46 heavy (non-hydrogen) atoms. The van der Waals surface area contributed by atoms with E-state index in [0.717, 1.165) is 18.4 Å². The number of carbonyl (C=O) groups excluding carboxylic acids is 3. The second kappa shape index (κ2) is 18.6. The number of hydrogen-bond donors (Lipinski definition) is 3. The molecule has 0 aliphatic carbocycles. The number of ether oxygens (including phenoxy) is 1. The molecule has 0 bridgehead atoms. The van der Waals surface area contributed by atoms with E-state index in [1.807, 2.05) is 74.5 Å². The van der Waals surface area contributed by atoms with Crippen LogP contribution in [-0.4, -0.2) is 47.2 Å². The Labute approximate surface area is 273 Å². The van der Waals surface area contributed by atoms with Crippen LogP contribution < -0.4 is 15.4 Å². The number of aliphatic imine (C=N–C) groups is 1. The SMILES string of the molecule is CCC(C)C(C=NC(C)=O)C(=O)NC(CCC(C)C)C[C@H](O)C(Cc1ccccc1)NC(=O)c1cccc(Oc2ccccc2)c1. The quantitative estimate of drug-likeness (QED) is 0.143. The van der Waals surface area contributed by atoms with E-state index in [-0.39, 0.29) is 36.1 Å². The van der Waals surface area contributed by atoms with Gasteiger partial charge in [0.05, 0.1) is 18.1 Å². The van der Waals surface area contributed by atoms with Crippen LogP contribution in [0.1, 0.15) is 76.2 Å². The first-order valence-electron chi connectivity index (χ1n) is 16.3. The fraction of sp³-hybridized carbons (Fsp3) is 0.421. The van der Waals surface area contributed by atoms with Crippen molar-refractivity contribution in [2.45, 2.75) is 84.9 Å². The Morgan fingerprint density at radius 2 is 1.52 bits per heavy atom. The van der Waals surface area contributed by atoms with Crippen molar-refractivity contribution in [3.05, 3.63) is 96.1 Å². The van der Waals surface area contributed by atoms with Gasteiger partial charge in [-0.15, -0.1) is 0 Å². The van der Waals surface area contributed by atoms with Crippen molar-refractivity contribution >= 4 is 23.9 Å². The summed E-state index contributed by atoms with van der Waals surface area (Å²) < 4.78 is 5.93. The zero-order valence-corrected chi connectivity index (χ0v) is 27.7. The zero-order chi connectivity index (χ0) is 33.5. The van der Waals surface area contributed by atoms with Gasteiger partial charge in [0, 0.05) is 24.7 Å². The molecule has 0 heterocycles. The van der Waals surface area contributed by atoms with E-state index in [4.69, 9.17) is 4.74 Å². The number of rotatable bonds is 17. The first-order chi connectivity index (χ1) is 22.0. The lowest BCUT2D eigenvalue weighted by Crippen LogP contribution is -2.49. The number of benzene rings is 3. The van der Waals surface area contributed by atoms with Crippen LogP contribution in [0.25, 0.3) is 0 Å². The van der Waals surface area contributed by atoms with Gasteiger partial charge in [0.15, 0.2) is 0 Å². The normalized spacial score (nSPS) is 14.7. The van der Waals surface area contributed by atoms with E-state index in [9.17, 15) is 19.5 Å². The third-order valence-corrected chi connectivity index (χ3v) is 8.10. The van der Waals surface area contributed by atoms with Gasteiger partial charge in [-0.2, -0.15) is 0 Å². The van der Waals surface area contributed by atoms with Crippen LogP contribution in [0.2, 0.25) is 0 Å². The summed E-state index contributed by atoms with van der Waals surface area (Å²) in [7, 11) is 0. The predicted molar refractivity (Wildman–Crippen MR) is 183 cm³/mol. The van der Waals surface area contributed by atoms with Crippen molar-refractivity contribution in [2.24, 2.45) is 22.7 Å². The molecular formula is C38H49N3O5. The second-order valence-electron chi connectivity index (χ2n) is 12.4. The van der Waals surface area contributed by atoms with E-state index in [1.165, 1.54) is 13.1 Å². The Hall–Kier alpha value is -4.30. The fourth-order valence-corrected chi connectivity index (χ4v) is 5.18. The van der Waals surface area contributed by atoms with Crippen LogP contribution in [0.15, 0.2) is 89.9 Å². The topological polar surface area (TPSA) is 117 Å². The smallest absolute Gasteiger partial charge is 0.251 e. The summed E-state index contributed by atoms with van der Waals surface area (Å²) in [5, 5.41) is 17.9. The second-order valence-corrected chi connectivity index (χ2v) is 12.4. The molecule has 3 aromatic rings. The van der Waals surface area contributed by atoms with E-state index in [0.29, 0.717) is 35.8 Å². The molecule has 0 aliphatic heterocycles. The summed E-state index contributed by atoms with van der Waals surface area (Å²) in [6, 6.07) is 25.0. The highest BCUT2D eigenvalue weighted by atomic mass is 16.5. The van der Waals surface area contributed by atoms with Crippen LogP contribution >= 0.6 is 0 Å². The van der Waals surface area contributed by atoms with Crippen LogP contribution in [0.5, 0.6) is 11.5 Å². The van der Waals surface area contributed by atoms with Gasteiger partial charge in [0.1, 0.15) is 11.5 Å². The van der Waals surface area contributed by atoms with E-state index in [2.05, 4.69) is 29.5 Å². The Morgan fingerprint density at radius 1 is 0.870 bits per heavy atom. The van der Waals surface area contributed by atoms with E-state index in [1.54, 1.807) is 24.3 Å². The Balaban J connectivity index is 1.82. The minimum atomic E-state index is -0.960. The monoisotopic (exact) mass is 627 g/mol. The van der Waals surface area contributed by atoms with Gasteiger partial charge < -0.3 is 20.5 Å². The lowest BCUT2D eigenvalue weighted by atomic mass is 9.90. The average Bonchev–Trinajstić information content (AvgIpc) is 3.04. The van der Waals surface area contributed by atoms with Gasteiger partial charge in [-0.05, 0) is 73.4 Å². The number of hydrogen-bond acceptors (Lipinski definition) is 5. The van der Waals surface area contributed by atoms with Crippen LogP contribution in [0.4, 0.5) is 0 Å². The van der Waals surface area contributed by atoms with Crippen molar-refractivity contribution in [1.29, 1.82) is 0 Å². The molecule has 0 spiro atoms. The molecule has 3 aromatic carbocycles. The molecule has 4 unspecified atom stereocenters. The Kier molecular flexibility index (Phi) is 14.6. The standard InChI is InChI=1S/C38H49N3O5/c1-6-27(4)34(25-39-28(5)42)38(45)40-31(21-20-26(2)3)24-36(43)35(22-29-14-9-7-10-15-29)41-37(44)30-16-13-19-33(23-30)46-32-17-11-8-12-18-32/h7-19,23,25-27,31,34-36,43H,6,20-22,24H2,1-5H3,(H,40,45)(H,41,44)/t27?,31?,34?,35?,36-/m0/s1. The third-order valence-electron chi connectivity index (χ3n) is 8.10. The summed E-state index contributed by atoms with van der Waals surface area (Å²) in [5.74, 6) is 0.0756. The average molecular weight is 628 g/mol. The molecule has 3 N–H and O–H groups in total. The van der Waals surface area contributed by atoms with Crippen LogP contribution in [-0.2, 0) is 16.0 Å². The molecule has 0 saturated carbocycles. The van der Waals surface area contributed by atoms with E-state index >= 15 is 0 Å². The minimum absolute atomic E-state index is 0.0227. The first-order valence-corrected chi connectivity index (χ1v) is 16.3. The van der Waals surface area contributed by atoms with Crippen molar-refractivity contribution in [3.8, 4) is 11.5 Å². The number of aliphatic hydroxyl groups excluding tert-OH is 1. The highest BCUT2D eigenvalue weighted by Gasteiger charge is 2.29. The fourth-order valence-electron chi connectivity index (χ4n) is 5.18. The molecule has 246 valence electrons. The van der Waals surface area contributed by atoms with Crippen molar-refractivity contribution in [2.75, 3.05) is 0 Å². The summed E-state index contributed by atoms with van der Waals surface area (Å²) >= 11 is 0. The summed E-state index contributed by atoms with van der Waals surface area (Å²) in [4.78, 5) is 42.5. The third kappa shape index (κ3) is 12.2. The number of nitrogens with zero attached hydrogens (tertiary/aromatic N) is 1. The minimum Gasteiger partial charge on any atom is -0.457 e. The van der Waals surface area contributed by atoms with Crippen molar-refractivity contribution < 1.29 is 24.2 Å². The molecule has 3 rings (SSSR count). The number of amides is 3. The van der Waals surface area contributed by atoms with Gasteiger partial charge in [-0.3, -0.25) is 14.4 Å². The highest BCUT2D eigenvalue weighted by molar-refractivity contribution is 5.97. The number of aliphatic hydroxyl groups is 1. The molecule has 3 amide bonds. The molecule has 8 nitrogen and oxygen atoms in total. The summed E-state index contributed by atoms with van der Waals surface area (Å²) in [5.41, 5.74) is 1.37. The molecule has 0 saturated heterocycles. The molecule has 0 aromatic heterocycles. The first kappa shape index (κ1) is 36.2. The largest absolute Gasteiger partial charge is 0.457 e. The lowest BCUT2D eigenvalue weighted by molar-refractivity contribution is -0.125. The van der Waals surface area contributed by atoms with Gasteiger partial charge in [0.2, 0.25) is 11.8 Å². The van der Waals surface area contributed by atoms with Crippen molar-refractivity contribution in [3.63, 3.8) is 0 Å². The highest BCUT2D eigenvalue weighted by Crippen LogP contribution is 2.23. The van der Waals surface area contributed by atoms with Gasteiger partial charge >= 0.3 is 0 Å². The lowest BCUT2D eigenvalue weighted by Gasteiger charge is -2.30. The van der Waals surface area contributed by atoms with Gasteiger partial charge in [0.25, 0.3) is 5.91 Å². The van der Waals surface area contributed by atoms with Crippen LogP contribution in [0, 0.1) is 17.8 Å². The summed E-state index contributed by atoms with van der Waals surface area (Å²) in [6.45, 7) is 9.54. The van der Waals surface area contributed by atoms with Gasteiger partial charge in [-0.25, -0.2) is 4.99 Å². The Morgan fingerprint density at radius 3 is 2.15 bits per heavy atom. The Bertz CT molecular complexity index is 1410. The predicted octanol–water partition coefficient (Wildman–Crippen LogP) is 6.77. The zero-order valence-electron chi connectivity index (χ0n) is 27.7. The number of carbonyl (C=O) groups is 3.